The van der Waals surface area contributed by atoms with Crippen molar-refractivity contribution in [2.24, 2.45) is 0 Å². The zero-order valence-electron chi connectivity index (χ0n) is 11.3. The molecule has 0 bridgehead atoms. The lowest BCUT2D eigenvalue weighted by molar-refractivity contribution is 0.102. The Morgan fingerprint density at radius 3 is 2.52 bits per heavy atom. The van der Waals surface area contributed by atoms with Crippen LogP contribution in [0.2, 0.25) is 0 Å². The molecule has 0 amide bonds. The molecule has 0 saturated carbocycles. The molecule has 3 aromatic carbocycles. The fraction of sp³-hybridized carbons (Fsp3) is 0.0556. The van der Waals surface area contributed by atoms with Crippen LogP contribution in [0.3, 0.4) is 0 Å². The van der Waals surface area contributed by atoms with E-state index < -0.39 is 0 Å². The maximum Gasteiger partial charge on any atom is 0.173 e. The normalized spacial score (nSPS) is 10.7. The van der Waals surface area contributed by atoms with Crippen molar-refractivity contribution in [3.8, 4) is 0 Å². The van der Waals surface area contributed by atoms with Gasteiger partial charge in [-0.05, 0) is 35.0 Å². The molecule has 104 valence electrons. The highest BCUT2D eigenvalue weighted by atomic mass is 79.9. The number of fused-ring (bicyclic) bond motifs is 1. The van der Waals surface area contributed by atoms with Crippen LogP contribution in [-0.2, 0) is 0 Å². The molecule has 0 heterocycles. The van der Waals surface area contributed by atoms with Gasteiger partial charge in [-0.3, -0.25) is 4.79 Å². The van der Waals surface area contributed by atoms with Crippen LogP contribution in [0.4, 0.5) is 0 Å². The van der Waals surface area contributed by atoms with Crippen molar-refractivity contribution in [1.29, 1.82) is 0 Å². The van der Waals surface area contributed by atoms with Gasteiger partial charge in [-0.15, -0.1) is 11.8 Å². The molecule has 3 aromatic rings. The summed E-state index contributed by atoms with van der Waals surface area (Å²) in [5.41, 5.74) is 0.748. The molecule has 3 rings (SSSR count). The number of ketones is 1. The van der Waals surface area contributed by atoms with Gasteiger partial charge in [0, 0.05) is 14.9 Å². The quantitative estimate of drug-likeness (QED) is 0.448. The van der Waals surface area contributed by atoms with Gasteiger partial charge in [0.1, 0.15) is 0 Å². The average Bonchev–Trinajstić information content (AvgIpc) is 2.52. The van der Waals surface area contributed by atoms with E-state index in [-0.39, 0.29) is 5.78 Å². The fourth-order valence-corrected chi connectivity index (χ4v) is 3.39. The van der Waals surface area contributed by atoms with Crippen LogP contribution in [0, 0.1) is 0 Å². The Hall–Kier alpha value is -1.58. The smallest absolute Gasteiger partial charge is 0.173 e. The van der Waals surface area contributed by atoms with Gasteiger partial charge in [-0.2, -0.15) is 0 Å². The number of Topliss-reactive ketones (excluding diaryl/α,β-unsaturated/α-hetero) is 1. The Morgan fingerprint density at radius 2 is 1.71 bits per heavy atom. The molecule has 0 aromatic heterocycles. The van der Waals surface area contributed by atoms with Gasteiger partial charge in [0.25, 0.3) is 0 Å². The molecule has 0 N–H and O–H groups in total. The predicted octanol–water partition coefficient (Wildman–Crippen LogP) is 5.58. The van der Waals surface area contributed by atoms with E-state index in [9.17, 15) is 4.79 Å². The molecule has 0 fully saturated rings. The van der Waals surface area contributed by atoms with Crippen LogP contribution in [0.5, 0.6) is 0 Å². The van der Waals surface area contributed by atoms with E-state index >= 15 is 0 Å². The Labute approximate surface area is 136 Å². The number of carbonyl (C=O) groups excluding carboxylic acids is 1. The van der Waals surface area contributed by atoms with Gasteiger partial charge in [0.2, 0.25) is 0 Å². The van der Waals surface area contributed by atoms with E-state index in [4.69, 9.17) is 0 Å². The highest BCUT2D eigenvalue weighted by molar-refractivity contribution is 9.10. The fourth-order valence-electron chi connectivity index (χ4n) is 2.15. The molecule has 0 radical (unpaired) electrons. The summed E-state index contributed by atoms with van der Waals surface area (Å²) in [7, 11) is 0. The zero-order valence-corrected chi connectivity index (χ0v) is 13.7. The van der Waals surface area contributed by atoms with Crippen molar-refractivity contribution in [2.45, 2.75) is 4.90 Å². The number of rotatable bonds is 4. The summed E-state index contributed by atoms with van der Waals surface area (Å²) in [5.74, 6) is 0.601. The lowest BCUT2D eigenvalue weighted by atomic mass is 10.1. The van der Waals surface area contributed by atoms with Crippen LogP contribution in [0.1, 0.15) is 10.4 Å². The van der Waals surface area contributed by atoms with Crippen molar-refractivity contribution < 1.29 is 4.79 Å². The Kier molecular flexibility index (Phi) is 4.42. The van der Waals surface area contributed by atoms with Crippen LogP contribution >= 0.6 is 27.7 Å². The maximum absolute atomic E-state index is 12.2. The maximum atomic E-state index is 12.2. The predicted molar refractivity (Wildman–Crippen MR) is 93.1 cm³/mol. The topological polar surface area (TPSA) is 17.1 Å². The second-order valence-electron chi connectivity index (χ2n) is 4.73. The summed E-state index contributed by atoms with van der Waals surface area (Å²) < 4.78 is 0.934. The number of benzene rings is 3. The van der Waals surface area contributed by atoms with E-state index in [0.717, 1.165) is 14.9 Å². The molecule has 0 saturated heterocycles. The van der Waals surface area contributed by atoms with Crippen LogP contribution < -0.4 is 0 Å². The van der Waals surface area contributed by atoms with Crippen LogP contribution in [0.25, 0.3) is 10.8 Å². The first kappa shape index (κ1) is 14.4. The van der Waals surface area contributed by atoms with E-state index in [1.165, 1.54) is 10.8 Å². The van der Waals surface area contributed by atoms with Crippen molar-refractivity contribution in [1.82, 2.24) is 0 Å². The number of carbonyl (C=O) groups is 1. The molecule has 0 unspecified atom stereocenters. The lowest BCUT2D eigenvalue weighted by Crippen LogP contribution is -2.01. The zero-order chi connectivity index (χ0) is 14.7. The first-order valence-electron chi connectivity index (χ1n) is 6.63. The summed E-state index contributed by atoms with van der Waals surface area (Å²) in [6, 6.07) is 22.1. The number of hydrogen-bond donors (Lipinski definition) is 0. The first-order valence-corrected chi connectivity index (χ1v) is 8.40. The number of thioether (sulfide) groups is 1. The second kappa shape index (κ2) is 6.46. The van der Waals surface area contributed by atoms with Crippen molar-refractivity contribution in [3.05, 3.63) is 76.8 Å². The molecule has 0 spiro atoms. The molecule has 0 atom stereocenters. The summed E-state index contributed by atoms with van der Waals surface area (Å²) in [5, 5.41) is 2.43. The largest absolute Gasteiger partial charge is 0.293 e. The minimum absolute atomic E-state index is 0.148. The third kappa shape index (κ3) is 3.55. The van der Waals surface area contributed by atoms with Gasteiger partial charge in [-0.25, -0.2) is 0 Å². The molecule has 0 aliphatic carbocycles. The Bertz CT molecular complexity index is 798. The third-order valence-corrected chi connectivity index (χ3v) is 4.72. The van der Waals surface area contributed by atoms with Gasteiger partial charge in [-0.1, -0.05) is 58.4 Å². The molecule has 21 heavy (non-hydrogen) atoms. The first-order chi connectivity index (χ1) is 10.2. The molecule has 3 heteroatoms. The SMILES string of the molecule is O=C(CSc1ccc2ccccc2c1)c1cccc(Br)c1. The number of hydrogen-bond acceptors (Lipinski definition) is 2. The van der Waals surface area contributed by atoms with Crippen molar-refractivity contribution in [3.63, 3.8) is 0 Å². The minimum atomic E-state index is 0.148. The highest BCUT2D eigenvalue weighted by Gasteiger charge is 2.07. The molecule has 1 nitrogen and oxygen atoms in total. The van der Waals surface area contributed by atoms with Crippen LogP contribution in [0.15, 0.2) is 76.1 Å². The molecule has 0 aliphatic heterocycles. The Morgan fingerprint density at radius 1 is 0.905 bits per heavy atom. The van der Waals surface area contributed by atoms with Gasteiger partial charge in [0.15, 0.2) is 5.78 Å². The molecule has 0 aliphatic rings. The summed E-state index contributed by atoms with van der Waals surface area (Å²) >= 11 is 4.97. The number of halogens is 1. The summed E-state index contributed by atoms with van der Waals surface area (Å²) in [6.07, 6.45) is 0. The van der Waals surface area contributed by atoms with E-state index in [1.54, 1.807) is 11.8 Å². The standard InChI is InChI=1S/C18H13BrOS/c19-16-7-3-6-15(10-16)18(20)12-21-17-9-8-13-4-1-2-5-14(13)11-17/h1-11H,12H2. The summed E-state index contributed by atoms with van der Waals surface area (Å²) in [4.78, 5) is 13.3. The van der Waals surface area contributed by atoms with E-state index in [0.29, 0.717) is 5.75 Å². The highest BCUT2D eigenvalue weighted by Crippen LogP contribution is 2.24. The average molecular weight is 357 g/mol. The molecular formula is C18H13BrOS. The van der Waals surface area contributed by atoms with Crippen molar-refractivity contribution in [2.75, 3.05) is 5.75 Å². The van der Waals surface area contributed by atoms with Crippen molar-refractivity contribution >= 4 is 44.2 Å². The third-order valence-electron chi connectivity index (χ3n) is 3.24. The van der Waals surface area contributed by atoms with Gasteiger partial charge >= 0.3 is 0 Å². The molecular weight excluding hydrogens is 344 g/mol. The van der Waals surface area contributed by atoms with Crippen LogP contribution in [-0.4, -0.2) is 11.5 Å². The second-order valence-corrected chi connectivity index (χ2v) is 6.70. The van der Waals surface area contributed by atoms with E-state index in [2.05, 4.69) is 46.3 Å². The summed E-state index contributed by atoms with van der Waals surface area (Å²) in [6.45, 7) is 0. The van der Waals surface area contributed by atoms with Gasteiger partial charge < -0.3 is 0 Å². The van der Waals surface area contributed by atoms with Gasteiger partial charge in [0.05, 0.1) is 5.75 Å². The lowest BCUT2D eigenvalue weighted by Gasteiger charge is -2.04. The van der Waals surface area contributed by atoms with E-state index in [1.807, 2.05) is 36.4 Å². The minimum Gasteiger partial charge on any atom is -0.293 e. The monoisotopic (exact) mass is 356 g/mol. The Balaban J connectivity index is 1.72.